The number of hydrogen-bond donors (Lipinski definition) is 2. The lowest BCUT2D eigenvalue weighted by Gasteiger charge is -2.10. The minimum atomic E-state index is -1.20. The summed E-state index contributed by atoms with van der Waals surface area (Å²) >= 11 is 11.9. The van der Waals surface area contributed by atoms with Crippen LogP contribution in [0.5, 0.6) is 0 Å². The molecule has 2 N–H and O–H groups in total. The highest BCUT2D eigenvalue weighted by atomic mass is 35.5. The monoisotopic (exact) mass is 359 g/mol. The van der Waals surface area contributed by atoms with Crippen LogP contribution in [0.4, 0.5) is 5.69 Å². The van der Waals surface area contributed by atoms with Crippen LogP contribution in [0.3, 0.4) is 0 Å². The lowest BCUT2D eigenvalue weighted by molar-refractivity contribution is 0.0696. The van der Waals surface area contributed by atoms with E-state index in [9.17, 15) is 9.59 Å². The van der Waals surface area contributed by atoms with Gasteiger partial charge in [0.2, 0.25) is 0 Å². The summed E-state index contributed by atoms with van der Waals surface area (Å²) in [4.78, 5) is 23.6. The molecular formula is C18H11Cl2NO3. The lowest BCUT2D eigenvalue weighted by Crippen LogP contribution is -2.13. The van der Waals surface area contributed by atoms with E-state index in [-0.39, 0.29) is 27.2 Å². The standard InChI is InChI=1S/C18H11Cl2NO3/c19-14-9-15(20)16(8-13(14)18(23)24)21-17(22)12-6-5-10-3-1-2-4-11(10)7-12/h1-9H,(H,21,22)(H,23,24). The van der Waals surface area contributed by atoms with Gasteiger partial charge in [-0.1, -0.05) is 53.5 Å². The predicted octanol–water partition coefficient (Wildman–Crippen LogP) is 5.10. The molecule has 0 atom stereocenters. The van der Waals surface area contributed by atoms with Crippen molar-refractivity contribution in [2.24, 2.45) is 0 Å². The highest BCUT2D eigenvalue weighted by molar-refractivity contribution is 6.38. The molecule has 0 saturated heterocycles. The van der Waals surface area contributed by atoms with Crippen LogP contribution in [0.15, 0.2) is 54.6 Å². The first-order chi connectivity index (χ1) is 11.5. The number of carboxylic acids is 1. The molecule has 0 heterocycles. The maximum absolute atomic E-state index is 12.4. The Hall–Kier alpha value is -2.56. The molecule has 0 unspecified atom stereocenters. The van der Waals surface area contributed by atoms with Crippen LogP contribution in [0.1, 0.15) is 20.7 Å². The number of halogens is 2. The molecule has 4 nitrogen and oxygen atoms in total. The minimum absolute atomic E-state index is 0.0104. The van der Waals surface area contributed by atoms with Crippen molar-refractivity contribution >= 4 is 51.5 Å². The zero-order valence-electron chi connectivity index (χ0n) is 12.2. The molecule has 24 heavy (non-hydrogen) atoms. The second kappa shape index (κ2) is 6.51. The zero-order chi connectivity index (χ0) is 17.3. The number of carbonyl (C=O) groups is 2. The van der Waals surface area contributed by atoms with Crippen molar-refractivity contribution in [1.29, 1.82) is 0 Å². The maximum Gasteiger partial charge on any atom is 0.337 e. The van der Waals surface area contributed by atoms with E-state index in [1.807, 2.05) is 30.3 Å². The van der Waals surface area contributed by atoms with E-state index >= 15 is 0 Å². The molecule has 120 valence electrons. The van der Waals surface area contributed by atoms with E-state index in [0.29, 0.717) is 5.56 Å². The molecule has 0 radical (unpaired) electrons. The van der Waals surface area contributed by atoms with Gasteiger partial charge in [0.15, 0.2) is 0 Å². The number of nitrogens with one attached hydrogen (secondary N) is 1. The van der Waals surface area contributed by atoms with E-state index in [1.165, 1.54) is 12.1 Å². The Balaban J connectivity index is 1.93. The first-order valence-corrected chi connectivity index (χ1v) is 7.74. The van der Waals surface area contributed by atoms with Gasteiger partial charge < -0.3 is 10.4 Å². The Bertz CT molecular complexity index is 970. The fourth-order valence-corrected chi connectivity index (χ4v) is 2.84. The molecule has 0 aliphatic carbocycles. The molecule has 3 rings (SSSR count). The number of fused-ring (bicyclic) bond motifs is 1. The fourth-order valence-electron chi connectivity index (χ4n) is 2.33. The smallest absolute Gasteiger partial charge is 0.337 e. The molecular weight excluding hydrogens is 349 g/mol. The number of hydrogen-bond acceptors (Lipinski definition) is 2. The molecule has 3 aromatic carbocycles. The van der Waals surface area contributed by atoms with Crippen molar-refractivity contribution in [1.82, 2.24) is 0 Å². The van der Waals surface area contributed by atoms with E-state index in [1.54, 1.807) is 12.1 Å². The van der Waals surface area contributed by atoms with Crippen molar-refractivity contribution in [2.75, 3.05) is 5.32 Å². The molecule has 0 bridgehead atoms. The van der Waals surface area contributed by atoms with E-state index in [0.717, 1.165) is 10.8 Å². The van der Waals surface area contributed by atoms with Crippen LogP contribution >= 0.6 is 23.2 Å². The molecule has 0 saturated carbocycles. The first kappa shape index (κ1) is 16.3. The third-order valence-electron chi connectivity index (χ3n) is 3.55. The van der Waals surface area contributed by atoms with Crippen LogP contribution < -0.4 is 5.32 Å². The summed E-state index contributed by atoms with van der Waals surface area (Å²) < 4.78 is 0. The minimum Gasteiger partial charge on any atom is -0.478 e. The number of benzene rings is 3. The average Bonchev–Trinajstić information content (AvgIpc) is 2.56. The summed E-state index contributed by atoms with van der Waals surface area (Å²) in [5.41, 5.74) is 0.503. The van der Waals surface area contributed by atoms with Crippen molar-refractivity contribution in [3.8, 4) is 0 Å². The number of amides is 1. The maximum atomic E-state index is 12.4. The summed E-state index contributed by atoms with van der Waals surface area (Å²) in [6.45, 7) is 0. The predicted molar refractivity (Wildman–Crippen MR) is 95.3 cm³/mol. The fraction of sp³-hybridized carbons (Fsp3) is 0. The summed E-state index contributed by atoms with van der Waals surface area (Å²) in [6.07, 6.45) is 0. The zero-order valence-corrected chi connectivity index (χ0v) is 13.7. The molecule has 0 aromatic heterocycles. The number of rotatable bonds is 3. The SMILES string of the molecule is O=C(Nc1cc(C(=O)O)c(Cl)cc1Cl)c1ccc2ccccc2c1. The van der Waals surface area contributed by atoms with Crippen molar-refractivity contribution in [3.05, 3.63) is 75.8 Å². The molecule has 0 spiro atoms. The van der Waals surface area contributed by atoms with Crippen molar-refractivity contribution < 1.29 is 14.7 Å². The number of carbonyl (C=O) groups excluding carboxylic acids is 1. The van der Waals surface area contributed by atoms with Gasteiger partial charge in [0.25, 0.3) is 5.91 Å². The number of aromatic carboxylic acids is 1. The van der Waals surface area contributed by atoms with E-state index < -0.39 is 5.97 Å². The van der Waals surface area contributed by atoms with Gasteiger partial charge >= 0.3 is 5.97 Å². The Kier molecular flexibility index (Phi) is 4.42. The van der Waals surface area contributed by atoms with Crippen LogP contribution in [0.2, 0.25) is 10.0 Å². The third-order valence-corrected chi connectivity index (χ3v) is 4.17. The summed E-state index contributed by atoms with van der Waals surface area (Å²) in [5.74, 6) is -1.58. The van der Waals surface area contributed by atoms with Gasteiger partial charge in [0.05, 0.1) is 21.3 Å². The van der Waals surface area contributed by atoms with Crippen LogP contribution in [-0.2, 0) is 0 Å². The molecule has 6 heteroatoms. The Morgan fingerprint density at radius 2 is 1.58 bits per heavy atom. The lowest BCUT2D eigenvalue weighted by atomic mass is 10.1. The number of carboxylic acid groups (broad SMARTS) is 1. The van der Waals surface area contributed by atoms with Crippen LogP contribution in [0.25, 0.3) is 10.8 Å². The summed E-state index contributed by atoms with van der Waals surface area (Å²) in [5, 5.41) is 13.9. The first-order valence-electron chi connectivity index (χ1n) is 6.98. The number of anilines is 1. The second-order valence-corrected chi connectivity index (χ2v) is 5.95. The normalized spacial score (nSPS) is 10.6. The van der Waals surface area contributed by atoms with Crippen molar-refractivity contribution in [2.45, 2.75) is 0 Å². The van der Waals surface area contributed by atoms with E-state index in [2.05, 4.69) is 5.32 Å². The Labute approximate surface area is 147 Å². The van der Waals surface area contributed by atoms with E-state index in [4.69, 9.17) is 28.3 Å². The topological polar surface area (TPSA) is 66.4 Å². The molecule has 0 aliphatic rings. The van der Waals surface area contributed by atoms with Gasteiger partial charge in [-0.25, -0.2) is 4.79 Å². The second-order valence-electron chi connectivity index (χ2n) is 5.13. The largest absolute Gasteiger partial charge is 0.478 e. The van der Waals surface area contributed by atoms with Gasteiger partial charge in [-0.2, -0.15) is 0 Å². The van der Waals surface area contributed by atoms with Gasteiger partial charge in [0, 0.05) is 5.56 Å². The Morgan fingerprint density at radius 3 is 2.29 bits per heavy atom. The average molecular weight is 360 g/mol. The third kappa shape index (κ3) is 3.20. The van der Waals surface area contributed by atoms with Gasteiger partial charge in [0.1, 0.15) is 0 Å². The van der Waals surface area contributed by atoms with Crippen LogP contribution in [-0.4, -0.2) is 17.0 Å². The van der Waals surface area contributed by atoms with Gasteiger partial charge in [-0.3, -0.25) is 4.79 Å². The van der Waals surface area contributed by atoms with Crippen LogP contribution in [0, 0.1) is 0 Å². The highest BCUT2D eigenvalue weighted by Gasteiger charge is 2.15. The Morgan fingerprint density at radius 1 is 0.875 bits per heavy atom. The quantitative estimate of drug-likeness (QED) is 0.683. The molecule has 1 amide bonds. The molecule has 0 fully saturated rings. The molecule has 0 aliphatic heterocycles. The summed E-state index contributed by atoms with van der Waals surface area (Å²) in [7, 11) is 0. The van der Waals surface area contributed by atoms with Crippen molar-refractivity contribution in [3.63, 3.8) is 0 Å². The summed E-state index contributed by atoms with van der Waals surface area (Å²) in [6, 6.07) is 15.5. The highest BCUT2D eigenvalue weighted by Crippen LogP contribution is 2.30. The molecule has 3 aromatic rings. The van der Waals surface area contributed by atoms with Gasteiger partial charge in [-0.15, -0.1) is 0 Å². The van der Waals surface area contributed by atoms with Gasteiger partial charge in [-0.05, 0) is 35.0 Å².